The molecular formula is C10H16Br2S. The Hall–Kier alpha value is 1.05. The zero-order valence-corrected chi connectivity index (χ0v) is 12.1. The third-order valence-electron chi connectivity index (χ3n) is 2.94. The molecule has 0 radical (unpaired) electrons. The van der Waals surface area contributed by atoms with Crippen molar-refractivity contribution in [2.75, 3.05) is 16.9 Å². The zero-order chi connectivity index (χ0) is 9.84. The number of allylic oxidation sites excluding steroid dienone is 2. The van der Waals surface area contributed by atoms with E-state index in [1.165, 1.54) is 17.7 Å². The van der Waals surface area contributed by atoms with E-state index in [1.807, 2.05) is 11.8 Å². The van der Waals surface area contributed by atoms with E-state index in [1.54, 1.807) is 5.57 Å². The lowest BCUT2D eigenvalue weighted by Gasteiger charge is -2.36. The summed E-state index contributed by atoms with van der Waals surface area (Å²) in [4.78, 5) is 1.52. The fourth-order valence-electron chi connectivity index (χ4n) is 1.84. The first-order valence-electron chi connectivity index (χ1n) is 4.62. The predicted octanol–water partition coefficient (Wildman–Crippen LogP) is 4.44. The van der Waals surface area contributed by atoms with E-state index in [4.69, 9.17) is 0 Å². The number of hydrogen-bond donors (Lipinski definition) is 0. The first-order chi connectivity index (χ1) is 6.24. The Morgan fingerprint density at radius 2 is 2.00 bits per heavy atom. The molecule has 0 heterocycles. The van der Waals surface area contributed by atoms with Gasteiger partial charge in [0.15, 0.2) is 0 Å². The molecule has 1 saturated carbocycles. The summed E-state index contributed by atoms with van der Waals surface area (Å²) in [5.41, 5.74) is 1.63. The van der Waals surface area contributed by atoms with Gasteiger partial charge in [-0.05, 0) is 41.4 Å². The number of hydrogen-bond acceptors (Lipinski definition) is 1. The maximum absolute atomic E-state index is 3.61. The van der Waals surface area contributed by atoms with Crippen LogP contribution in [0.4, 0.5) is 0 Å². The van der Waals surface area contributed by atoms with Crippen molar-refractivity contribution in [3.63, 3.8) is 0 Å². The van der Waals surface area contributed by atoms with E-state index < -0.39 is 0 Å². The minimum atomic E-state index is 0.847. The molecule has 0 amide bonds. The number of alkyl halides is 2. The smallest absolute Gasteiger partial charge is 0.0342 e. The third kappa shape index (κ3) is 2.75. The van der Waals surface area contributed by atoms with Crippen molar-refractivity contribution in [1.29, 1.82) is 0 Å². The molecule has 0 aromatic heterocycles. The molecule has 76 valence electrons. The van der Waals surface area contributed by atoms with Gasteiger partial charge in [0.25, 0.3) is 0 Å². The van der Waals surface area contributed by atoms with Crippen molar-refractivity contribution >= 4 is 43.6 Å². The quantitative estimate of drug-likeness (QED) is 0.688. The highest BCUT2D eigenvalue weighted by atomic mass is 79.9. The van der Waals surface area contributed by atoms with E-state index in [-0.39, 0.29) is 0 Å². The number of thioether (sulfide) groups is 1. The summed E-state index contributed by atoms with van der Waals surface area (Å²) in [6.45, 7) is 2.36. The Balaban J connectivity index is 2.74. The van der Waals surface area contributed by atoms with Crippen LogP contribution in [0, 0.1) is 11.8 Å². The fraction of sp³-hybridized carbons (Fsp3) is 0.800. The average molecular weight is 328 g/mol. The Bertz CT molecular complexity index is 195. The molecule has 1 fully saturated rings. The van der Waals surface area contributed by atoms with Crippen LogP contribution in [0.3, 0.4) is 0 Å². The van der Waals surface area contributed by atoms with E-state index in [0.717, 1.165) is 22.5 Å². The van der Waals surface area contributed by atoms with E-state index >= 15 is 0 Å². The van der Waals surface area contributed by atoms with Crippen LogP contribution in [0.25, 0.3) is 0 Å². The van der Waals surface area contributed by atoms with E-state index in [0.29, 0.717) is 0 Å². The van der Waals surface area contributed by atoms with Crippen LogP contribution < -0.4 is 0 Å². The molecule has 3 heteroatoms. The number of rotatable bonds is 4. The molecule has 0 aliphatic heterocycles. The first-order valence-corrected chi connectivity index (χ1v) is 8.09. The third-order valence-corrected chi connectivity index (χ3v) is 5.37. The van der Waals surface area contributed by atoms with Crippen molar-refractivity contribution in [3.05, 3.63) is 10.5 Å². The lowest BCUT2D eigenvalue weighted by atomic mass is 9.71. The van der Waals surface area contributed by atoms with Gasteiger partial charge >= 0.3 is 0 Å². The molecule has 13 heavy (non-hydrogen) atoms. The van der Waals surface area contributed by atoms with Crippen molar-refractivity contribution in [2.45, 2.75) is 19.8 Å². The van der Waals surface area contributed by atoms with Gasteiger partial charge in [-0.1, -0.05) is 38.8 Å². The highest BCUT2D eigenvalue weighted by Gasteiger charge is 2.30. The van der Waals surface area contributed by atoms with Gasteiger partial charge in [-0.15, -0.1) is 11.8 Å². The standard InChI is InChI=1S/C10H16Br2S/c1-7-3-4-8(7)9(5-11)10(6-12)13-2/h7-8H,3-6H2,1-2H3/b10-9-. The summed E-state index contributed by atoms with van der Waals surface area (Å²) in [5, 5.41) is 2.06. The Labute approximate surface area is 102 Å². The molecule has 0 saturated heterocycles. The van der Waals surface area contributed by atoms with Gasteiger partial charge in [0.1, 0.15) is 0 Å². The molecule has 1 rings (SSSR count). The lowest BCUT2D eigenvalue weighted by Crippen LogP contribution is -2.26. The SMILES string of the molecule is CS/C(CBr)=C(/CBr)C1CCC1C. The highest BCUT2D eigenvalue weighted by Crippen LogP contribution is 2.42. The Morgan fingerprint density at radius 3 is 2.23 bits per heavy atom. The van der Waals surface area contributed by atoms with Crippen LogP contribution >= 0.6 is 43.6 Å². The van der Waals surface area contributed by atoms with Gasteiger partial charge in [0, 0.05) is 10.7 Å². The second-order valence-corrected chi connectivity index (χ2v) is 5.60. The minimum absolute atomic E-state index is 0.847. The molecule has 0 bridgehead atoms. The summed E-state index contributed by atoms with van der Waals surface area (Å²) in [6.07, 6.45) is 4.97. The average Bonchev–Trinajstić information content (AvgIpc) is 2.15. The Morgan fingerprint density at radius 1 is 1.31 bits per heavy atom. The van der Waals surface area contributed by atoms with Gasteiger partial charge in [-0.3, -0.25) is 0 Å². The topological polar surface area (TPSA) is 0 Å². The van der Waals surface area contributed by atoms with Gasteiger partial charge in [-0.2, -0.15) is 0 Å². The second-order valence-electron chi connectivity index (χ2n) is 3.58. The summed E-state index contributed by atoms with van der Waals surface area (Å²) in [6, 6.07) is 0. The molecule has 2 unspecified atom stereocenters. The minimum Gasteiger partial charge on any atom is -0.133 e. The van der Waals surface area contributed by atoms with Crippen LogP contribution in [0.1, 0.15) is 19.8 Å². The van der Waals surface area contributed by atoms with Gasteiger partial charge in [0.2, 0.25) is 0 Å². The summed E-state index contributed by atoms with van der Waals surface area (Å²) in [7, 11) is 0. The van der Waals surface area contributed by atoms with Crippen LogP contribution in [-0.4, -0.2) is 16.9 Å². The molecule has 0 N–H and O–H groups in total. The van der Waals surface area contributed by atoms with E-state index in [9.17, 15) is 0 Å². The fourth-order valence-corrected chi connectivity index (χ4v) is 4.42. The van der Waals surface area contributed by atoms with Crippen LogP contribution in [0.5, 0.6) is 0 Å². The molecule has 2 atom stereocenters. The lowest BCUT2D eigenvalue weighted by molar-refractivity contribution is 0.237. The Kier molecular flexibility index (Phi) is 5.42. The molecule has 1 aliphatic carbocycles. The summed E-state index contributed by atoms with van der Waals surface area (Å²) in [5.74, 6) is 1.74. The van der Waals surface area contributed by atoms with Crippen molar-refractivity contribution < 1.29 is 0 Å². The van der Waals surface area contributed by atoms with Crippen LogP contribution in [-0.2, 0) is 0 Å². The van der Waals surface area contributed by atoms with E-state index in [2.05, 4.69) is 45.0 Å². The summed E-state index contributed by atoms with van der Waals surface area (Å²) < 4.78 is 0. The first kappa shape index (κ1) is 12.1. The number of halogens is 2. The van der Waals surface area contributed by atoms with Gasteiger partial charge in [-0.25, -0.2) is 0 Å². The normalized spacial score (nSPS) is 29.5. The molecular weight excluding hydrogens is 312 g/mol. The molecule has 0 nitrogen and oxygen atoms in total. The van der Waals surface area contributed by atoms with Gasteiger partial charge < -0.3 is 0 Å². The van der Waals surface area contributed by atoms with Gasteiger partial charge in [0.05, 0.1) is 0 Å². The van der Waals surface area contributed by atoms with Crippen molar-refractivity contribution in [1.82, 2.24) is 0 Å². The van der Waals surface area contributed by atoms with Crippen molar-refractivity contribution in [3.8, 4) is 0 Å². The largest absolute Gasteiger partial charge is 0.133 e. The second kappa shape index (κ2) is 5.82. The summed E-state index contributed by atoms with van der Waals surface area (Å²) >= 11 is 9.05. The zero-order valence-electron chi connectivity index (χ0n) is 8.15. The molecule has 0 spiro atoms. The highest BCUT2D eigenvalue weighted by molar-refractivity contribution is 9.09. The molecule has 0 aromatic carbocycles. The maximum atomic E-state index is 3.61. The van der Waals surface area contributed by atoms with Crippen LogP contribution in [0.2, 0.25) is 0 Å². The van der Waals surface area contributed by atoms with Crippen LogP contribution in [0.15, 0.2) is 10.5 Å². The predicted molar refractivity (Wildman–Crippen MR) is 70.0 cm³/mol. The van der Waals surface area contributed by atoms with Crippen molar-refractivity contribution in [2.24, 2.45) is 11.8 Å². The molecule has 1 aliphatic rings. The monoisotopic (exact) mass is 326 g/mol. The molecule has 0 aromatic rings. The maximum Gasteiger partial charge on any atom is 0.0342 e.